The lowest BCUT2D eigenvalue weighted by atomic mass is 10.1. The summed E-state index contributed by atoms with van der Waals surface area (Å²) in [4.78, 5) is 0. The molecule has 1 aromatic heterocycles. The lowest BCUT2D eigenvalue weighted by Gasteiger charge is -2.09. The van der Waals surface area contributed by atoms with Gasteiger partial charge in [-0.3, -0.25) is 4.68 Å². The number of nitrogens with two attached hydrogens (primary N) is 1. The van der Waals surface area contributed by atoms with Gasteiger partial charge in [-0.1, -0.05) is 12.6 Å². The molecule has 0 aliphatic heterocycles. The van der Waals surface area contributed by atoms with Crippen molar-refractivity contribution in [2.24, 2.45) is 7.05 Å². The molecule has 0 spiro atoms. The predicted octanol–water partition coefficient (Wildman–Crippen LogP) is 3.39. The standard InChI is InChI=1S/C14H16BrN3O/c1-9(2)8-19-13-5-4-10(6-12(13)15)11-7-17-18(3)14(11)16/h4-7H,1,8,16H2,2-3H3. The maximum absolute atomic E-state index is 5.96. The highest BCUT2D eigenvalue weighted by Gasteiger charge is 2.10. The molecule has 0 saturated carbocycles. The molecule has 0 saturated heterocycles. The first-order chi connectivity index (χ1) is 8.99. The lowest BCUT2D eigenvalue weighted by Crippen LogP contribution is -1.99. The molecule has 0 aliphatic carbocycles. The third kappa shape index (κ3) is 2.98. The van der Waals surface area contributed by atoms with Crippen molar-refractivity contribution in [2.45, 2.75) is 6.92 Å². The molecule has 2 aromatic rings. The summed E-state index contributed by atoms with van der Waals surface area (Å²) in [5.41, 5.74) is 8.85. The van der Waals surface area contributed by atoms with Crippen LogP contribution in [-0.4, -0.2) is 16.4 Å². The van der Waals surface area contributed by atoms with Gasteiger partial charge in [0.05, 0.1) is 10.7 Å². The van der Waals surface area contributed by atoms with E-state index in [0.29, 0.717) is 12.4 Å². The van der Waals surface area contributed by atoms with E-state index < -0.39 is 0 Å². The van der Waals surface area contributed by atoms with E-state index in [0.717, 1.165) is 26.9 Å². The van der Waals surface area contributed by atoms with E-state index in [-0.39, 0.29) is 0 Å². The van der Waals surface area contributed by atoms with E-state index in [1.807, 2.05) is 32.2 Å². The second-order valence-electron chi connectivity index (χ2n) is 4.46. The average molecular weight is 322 g/mol. The van der Waals surface area contributed by atoms with Crippen LogP contribution in [0.15, 0.2) is 41.0 Å². The summed E-state index contributed by atoms with van der Waals surface area (Å²) in [6.45, 7) is 6.25. The van der Waals surface area contributed by atoms with Crippen LogP contribution in [0, 0.1) is 0 Å². The molecule has 0 atom stereocenters. The lowest BCUT2D eigenvalue weighted by molar-refractivity contribution is 0.350. The third-order valence-corrected chi connectivity index (χ3v) is 3.32. The van der Waals surface area contributed by atoms with Crippen molar-refractivity contribution in [2.75, 3.05) is 12.3 Å². The Hall–Kier alpha value is -1.75. The average Bonchev–Trinajstić information content (AvgIpc) is 2.68. The topological polar surface area (TPSA) is 53.1 Å². The van der Waals surface area contributed by atoms with Crippen molar-refractivity contribution >= 4 is 21.7 Å². The summed E-state index contributed by atoms with van der Waals surface area (Å²) in [7, 11) is 1.82. The predicted molar refractivity (Wildman–Crippen MR) is 81.1 cm³/mol. The summed E-state index contributed by atoms with van der Waals surface area (Å²) >= 11 is 3.50. The normalized spacial score (nSPS) is 10.5. The van der Waals surface area contributed by atoms with Crippen molar-refractivity contribution in [3.8, 4) is 16.9 Å². The highest BCUT2D eigenvalue weighted by atomic mass is 79.9. The molecular weight excluding hydrogens is 306 g/mol. The highest BCUT2D eigenvalue weighted by Crippen LogP contribution is 2.33. The smallest absolute Gasteiger partial charge is 0.134 e. The Bertz CT molecular complexity index is 619. The Balaban J connectivity index is 2.28. The summed E-state index contributed by atoms with van der Waals surface area (Å²) in [5.74, 6) is 1.43. The summed E-state index contributed by atoms with van der Waals surface area (Å²) < 4.78 is 8.16. The second-order valence-corrected chi connectivity index (χ2v) is 5.31. The van der Waals surface area contributed by atoms with Gasteiger partial charge in [-0.15, -0.1) is 0 Å². The van der Waals surface area contributed by atoms with Crippen LogP contribution in [0.3, 0.4) is 0 Å². The van der Waals surface area contributed by atoms with Gasteiger partial charge in [-0.2, -0.15) is 5.10 Å². The maximum atomic E-state index is 5.96. The van der Waals surface area contributed by atoms with Gasteiger partial charge in [0, 0.05) is 12.6 Å². The second kappa shape index (κ2) is 5.48. The SMILES string of the molecule is C=C(C)COc1ccc(-c2cnn(C)c2N)cc1Br. The molecule has 100 valence electrons. The van der Waals surface area contributed by atoms with Crippen LogP contribution in [-0.2, 0) is 7.05 Å². The van der Waals surface area contributed by atoms with Gasteiger partial charge in [0.2, 0.25) is 0 Å². The van der Waals surface area contributed by atoms with Crippen molar-refractivity contribution in [1.29, 1.82) is 0 Å². The van der Waals surface area contributed by atoms with Gasteiger partial charge >= 0.3 is 0 Å². The van der Waals surface area contributed by atoms with Gasteiger partial charge in [0.15, 0.2) is 0 Å². The molecule has 0 amide bonds. The minimum atomic E-state index is 0.507. The van der Waals surface area contributed by atoms with Crippen LogP contribution >= 0.6 is 15.9 Å². The van der Waals surface area contributed by atoms with E-state index in [9.17, 15) is 0 Å². The molecule has 0 bridgehead atoms. The fraction of sp³-hybridized carbons (Fsp3) is 0.214. The number of rotatable bonds is 4. The number of nitrogens with zero attached hydrogens (tertiary/aromatic N) is 2. The zero-order valence-electron chi connectivity index (χ0n) is 11.0. The molecule has 2 N–H and O–H groups in total. The molecule has 4 nitrogen and oxygen atoms in total. The van der Waals surface area contributed by atoms with E-state index in [1.54, 1.807) is 10.9 Å². The Morgan fingerprint density at radius 3 is 2.79 bits per heavy atom. The van der Waals surface area contributed by atoms with Gasteiger partial charge in [-0.25, -0.2) is 0 Å². The minimum absolute atomic E-state index is 0.507. The zero-order chi connectivity index (χ0) is 14.0. The number of ether oxygens (including phenoxy) is 1. The molecule has 0 fully saturated rings. The van der Waals surface area contributed by atoms with Crippen molar-refractivity contribution < 1.29 is 4.74 Å². The van der Waals surface area contributed by atoms with Gasteiger partial charge in [-0.05, 0) is 46.1 Å². The molecule has 0 radical (unpaired) electrons. The Kier molecular flexibility index (Phi) is 3.95. The van der Waals surface area contributed by atoms with E-state index in [4.69, 9.17) is 10.5 Å². The van der Waals surface area contributed by atoms with Crippen LogP contribution in [0.1, 0.15) is 6.92 Å². The highest BCUT2D eigenvalue weighted by molar-refractivity contribution is 9.10. The fourth-order valence-electron chi connectivity index (χ4n) is 1.66. The number of anilines is 1. The zero-order valence-corrected chi connectivity index (χ0v) is 12.6. The van der Waals surface area contributed by atoms with Gasteiger partial charge in [0.25, 0.3) is 0 Å². The molecule has 2 rings (SSSR count). The number of benzene rings is 1. The minimum Gasteiger partial charge on any atom is -0.488 e. The number of hydrogen-bond acceptors (Lipinski definition) is 3. The van der Waals surface area contributed by atoms with Crippen molar-refractivity contribution in [3.05, 3.63) is 41.0 Å². The number of halogens is 1. The van der Waals surface area contributed by atoms with Crippen LogP contribution in [0.25, 0.3) is 11.1 Å². The first-order valence-corrected chi connectivity index (χ1v) is 6.63. The molecule has 0 unspecified atom stereocenters. The summed E-state index contributed by atoms with van der Waals surface area (Å²) in [6, 6.07) is 5.85. The number of nitrogen functional groups attached to an aromatic ring is 1. The fourth-order valence-corrected chi connectivity index (χ4v) is 2.15. The largest absolute Gasteiger partial charge is 0.488 e. The molecule has 5 heteroatoms. The number of hydrogen-bond donors (Lipinski definition) is 1. The Labute approximate surface area is 121 Å². The quantitative estimate of drug-likeness (QED) is 0.878. The number of aryl methyl sites for hydroxylation is 1. The van der Waals surface area contributed by atoms with Gasteiger partial charge in [0.1, 0.15) is 18.2 Å². The summed E-state index contributed by atoms with van der Waals surface area (Å²) in [5, 5.41) is 4.14. The third-order valence-electron chi connectivity index (χ3n) is 2.70. The first-order valence-electron chi connectivity index (χ1n) is 5.83. The summed E-state index contributed by atoms with van der Waals surface area (Å²) in [6.07, 6.45) is 1.76. The molecule has 1 aromatic carbocycles. The van der Waals surface area contributed by atoms with E-state index >= 15 is 0 Å². The maximum Gasteiger partial charge on any atom is 0.134 e. The van der Waals surface area contributed by atoms with E-state index in [1.165, 1.54) is 0 Å². The molecular formula is C14H16BrN3O. The van der Waals surface area contributed by atoms with Crippen molar-refractivity contribution in [1.82, 2.24) is 9.78 Å². The Morgan fingerprint density at radius 2 is 2.26 bits per heavy atom. The van der Waals surface area contributed by atoms with Crippen LogP contribution in [0.4, 0.5) is 5.82 Å². The first kappa shape index (κ1) is 13.7. The monoisotopic (exact) mass is 321 g/mol. The molecule has 0 aliphatic rings. The van der Waals surface area contributed by atoms with Crippen molar-refractivity contribution in [3.63, 3.8) is 0 Å². The van der Waals surface area contributed by atoms with Crippen LogP contribution in [0.2, 0.25) is 0 Å². The Morgan fingerprint density at radius 1 is 1.53 bits per heavy atom. The molecule has 19 heavy (non-hydrogen) atoms. The van der Waals surface area contributed by atoms with Gasteiger partial charge < -0.3 is 10.5 Å². The number of aromatic nitrogens is 2. The van der Waals surface area contributed by atoms with Crippen LogP contribution < -0.4 is 10.5 Å². The van der Waals surface area contributed by atoms with Crippen LogP contribution in [0.5, 0.6) is 5.75 Å². The van der Waals surface area contributed by atoms with E-state index in [2.05, 4.69) is 27.6 Å². The molecule has 1 heterocycles.